The van der Waals surface area contributed by atoms with E-state index >= 15 is 0 Å². The minimum atomic E-state index is -0.716. The zero-order valence-electron chi connectivity index (χ0n) is 22.2. The number of nitrogens with zero attached hydrogens (tertiary/aromatic N) is 1. The predicted octanol–water partition coefficient (Wildman–Crippen LogP) is 8.00. The van der Waals surface area contributed by atoms with E-state index in [1.807, 2.05) is 84.9 Å². The van der Waals surface area contributed by atoms with Crippen molar-refractivity contribution in [3.63, 3.8) is 0 Å². The predicted molar refractivity (Wildman–Crippen MR) is 157 cm³/mol. The number of benzene rings is 4. The van der Waals surface area contributed by atoms with Crippen LogP contribution >= 0.6 is 11.6 Å². The lowest BCUT2D eigenvalue weighted by Crippen LogP contribution is -2.35. The number of aliphatic carboxylic acids is 1. The maximum Gasteiger partial charge on any atom is 0.306 e. The highest BCUT2D eigenvalue weighted by Gasteiger charge is 2.40. The zero-order valence-corrected chi connectivity index (χ0v) is 23.0. The molecule has 1 N–H and O–H groups in total. The van der Waals surface area contributed by atoms with E-state index in [9.17, 15) is 9.90 Å². The Kier molecular flexibility index (Phi) is 8.82. The lowest BCUT2D eigenvalue weighted by molar-refractivity contribution is -0.143. The fourth-order valence-corrected chi connectivity index (χ4v) is 5.56. The van der Waals surface area contributed by atoms with Crippen LogP contribution < -0.4 is 0 Å². The van der Waals surface area contributed by atoms with Crippen LogP contribution in [-0.4, -0.2) is 17.0 Å². The van der Waals surface area contributed by atoms with E-state index in [1.165, 1.54) is 0 Å². The number of ether oxygens (including phenoxy) is 1. The topological polar surface area (TPSA) is 68.1 Å². The van der Waals surface area contributed by atoms with Crippen LogP contribution in [0.25, 0.3) is 0 Å². The van der Waals surface area contributed by atoms with Gasteiger partial charge in [-0.2, -0.15) is 0 Å². The average molecular weight is 554 g/mol. The second kappa shape index (κ2) is 12.8. The molecule has 4 aromatic carbocycles. The first kappa shape index (κ1) is 27.5. The molecule has 0 aliphatic heterocycles. The molecule has 0 atom stereocenters. The minimum Gasteiger partial charge on any atom is -0.481 e. The van der Waals surface area contributed by atoms with Crippen LogP contribution in [0.5, 0.6) is 0 Å². The van der Waals surface area contributed by atoms with Gasteiger partial charge < -0.3 is 14.7 Å². The third kappa shape index (κ3) is 6.54. The number of rotatable bonds is 9. The van der Waals surface area contributed by atoms with Gasteiger partial charge in [0.15, 0.2) is 0 Å². The van der Waals surface area contributed by atoms with Crippen molar-refractivity contribution in [2.24, 2.45) is 11.1 Å². The minimum absolute atomic E-state index is 0.291. The first-order valence-electron chi connectivity index (χ1n) is 13.5. The summed E-state index contributed by atoms with van der Waals surface area (Å²) in [7, 11) is 0. The van der Waals surface area contributed by atoms with Gasteiger partial charge in [0.25, 0.3) is 5.90 Å². The van der Waals surface area contributed by atoms with Crippen molar-refractivity contribution >= 4 is 23.5 Å². The van der Waals surface area contributed by atoms with Gasteiger partial charge in [0.05, 0.1) is 5.92 Å². The molecule has 0 saturated heterocycles. The van der Waals surface area contributed by atoms with Gasteiger partial charge in [-0.05, 0) is 77.4 Å². The van der Waals surface area contributed by atoms with Crippen LogP contribution in [-0.2, 0) is 33.0 Å². The molecule has 0 radical (unpaired) electrons. The third-order valence-corrected chi connectivity index (χ3v) is 7.96. The first-order chi connectivity index (χ1) is 19.5. The SMILES string of the molecule is O=C(O)C1CCC(c2ccc(Cl)cc2)(c2ccc(C(=NOCc3ccccc3)OCc3ccccc3)cc2)CC1. The van der Waals surface area contributed by atoms with Crippen molar-refractivity contribution in [3.05, 3.63) is 142 Å². The Hall–Kier alpha value is -4.09. The highest BCUT2D eigenvalue weighted by atomic mass is 35.5. The van der Waals surface area contributed by atoms with E-state index < -0.39 is 5.97 Å². The largest absolute Gasteiger partial charge is 0.481 e. The van der Waals surface area contributed by atoms with Crippen molar-refractivity contribution in [1.82, 2.24) is 0 Å². The van der Waals surface area contributed by atoms with Gasteiger partial charge in [0.1, 0.15) is 13.2 Å². The van der Waals surface area contributed by atoms with Gasteiger partial charge in [0, 0.05) is 16.0 Å². The number of carbonyl (C=O) groups is 1. The van der Waals surface area contributed by atoms with Crippen molar-refractivity contribution in [1.29, 1.82) is 0 Å². The van der Waals surface area contributed by atoms with Gasteiger partial charge in [-0.3, -0.25) is 4.79 Å². The summed E-state index contributed by atoms with van der Waals surface area (Å²) in [5.41, 5.74) is 4.85. The van der Waals surface area contributed by atoms with Gasteiger partial charge >= 0.3 is 5.97 Å². The molecule has 40 heavy (non-hydrogen) atoms. The molecule has 0 amide bonds. The third-order valence-electron chi connectivity index (χ3n) is 7.71. The van der Waals surface area contributed by atoms with Crippen LogP contribution in [0.4, 0.5) is 0 Å². The molecule has 0 bridgehead atoms. The highest BCUT2D eigenvalue weighted by Crippen LogP contribution is 2.46. The summed E-state index contributed by atoms with van der Waals surface area (Å²) in [6, 6.07) is 36.0. The molecule has 0 unspecified atom stereocenters. The Labute approximate surface area is 240 Å². The number of carboxylic acid groups (broad SMARTS) is 1. The normalized spacial score (nSPS) is 19.1. The van der Waals surface area contributed by atoms with E-state index in [-0.39, 0.29) is 11.3 Å². The Morgan fingerprint density at radius 1 is 0.775 bits per heavy atom. The molecular formula is C34H32ClNO4. The van der Waals surface area contributed by atoms with E-state index in [2.05, 4.69) is 29.4 Å². The second-order valence-electron chi connectivity index (χ2n) is 10.2. The summed E-state index contributed by atoms with van der Waals surface area (Å²) in [5.74, 6) is -0.625. The van der Waals surface area contributed by atoms with Gasteiger partial charge in [-0.1, -0.05) is 96.5 Å². The maximum absolute atomic E-state index is 11.7. The summed E-state index contributed by atoms with van der Waals surface area (Å²) in [4.78, 5) is 17.4. The first-order valence-corrected chi connectivity index (χ1v) is 13.9. The van der Waals surface area contributed by atoms with E-state index in [0.717, 1.165) is 40.7 Å². The molecule has 5 rings (SSSR count). The molecule has 1 aliphatic rings. The van der Waals surface area contributed by atoms with Crippen molar-refractivity contribution in [2.45, 2.75) is 44.3 Å². The van der Waals surface area contributed by atoms with Gasteiger partial charge in [-0.25, -0.2) is 0 Å². The molecule has 1 saturated carbocycles. The monoisotopic (exact) mass is 553 g/mol. The lowest BCUT2D eigenvalue weighted by Gasteiger charge is -2.40. The number of oxime groups is 1. The number of hydrogen-bond acceptors (Lipinski definition) is 4. The summed E-state index contributed by atoms with van der Waals surface area (Å²) in [6.07, 6.45) is 2.74. The summed E-state index contributed by atoms with van der Waals surface area (Å²) < 4.78 is 6.15. The molecule has 0 heterocycles. The van der Waals surface area contributed by atoms with E-state index in [4.69, 9.17) is 21.2 Å². The lowest BCUT2D eigenvalue weighted by atomic mass is 9.63. The molecular weight excluding hydrogens is 522 g/mol. The van der Waals surface area contributed by atoms with E-state index in [0.29, 0.717) is 37.0 Å². The fraction of sp³-hybridized carbons (Fsp3) is 0.235. The van der Waals surface area contributed by atoms with Gasteiger partial charge in [0.2, 0.25) is 0 Å². The van der Waals surface area contributed by atoms with Crippen molar-refractivity contribution in [2.75, 3.05) is 0 Å². The Morgan fingerprint density at radius 2 is 1.30 bits per heavy atom. The van der Waals surface area contributed by atoms with E-state index in [1.54, 1.807) is 0 Å². The van der Waals surface area contributed by atoms with Crippen LogP contribution in [0.3, 0.4) is 0 Å². The molecule has 0 spiro atoms. The van der Waals surface area contributed by atoms with Crippen molar-refractivity contribution in [3.8, 4) is 0 Å². The standard InChI is InChI=1S/C34H32ClNO4/c35-31-17-15-30(16-18-31)34(21-19-28(20-22-34)33(37)38)29-13-11-27(12-14-29)32(39-23-25-7-3-1-4-8-25)36-40-24-26-9-5-2-6-10-26/h1-18,28H,19-24H2,(H,37,38). The smallest absolute Gasteiger partial charge is 0.306 e. The zero-order chi connectivity index (χ0) is 27.8. The molecule has 0 aromatic heterocycles. The maximum atomic E-state index is 11.7. The Balaban J connectivity index is 1.41. The van der Waals surface area contributed by atoms with Crippen LogP contribution in [0.1, 0.15) is 53.5 Å². The Bertz CT molecular complexity index is 1410. The van der Waals surface area contributed by atoms with Gasteiger partial charge in [-0.15, -0.1) is 0 Å². The molecule has 204 valence electrons. The Morgan fingerprint density at radius 3 is 1.85 bits per heavy atom. The molecule has 5 nitrogen and oxygen atoms in total. The number of carboxylic acids is 1. The van der Waals surface area contributed by atoms with Crippen molar-refractivity contribution < 1.29 is 19.5 Å². The fourth-order valence-electron chi connectivity index (χ4n) is 5.43. The quantitative estimate of drug-likeness (QED) is 0.129. The number of hydrogen-bond donors (Lipinski definition) is 1. The number of halogens is 1. The summed E-state index contributed by atoms with van der Waals surface area (Å²) in [6.45, 7) is 0.697. The molecule has 4 aromatic rings. The summed E-state index contributed by atoms with van der Waals surface area (Å²) >= 11 is 6.20. The highest BCUT2D eigenvalue weighted by molar-refractivity contribution is 6.30. The molecule has 1 aliphatic carbocycles. The van der Waals surface area contributed by atoms with Crippen LogP contribution in [0.15, 0.2) is 114 Å². The van der Waals surface area contributed by atoms with Crippen LogP contribution in [0.2, 0.25) is 5.02 Å². The second-order valence-corrected chi connectivity index (χ2v) is 10.6. The molecule has 1 fully saturated rings. The summed E-state index contributed by atoms with van der Waals surface area (Å²) in [5, 5.41) is 14.7. The van der Waals surface area contributed by atoms with Crippen LogP contribution in [0, 0.1) is 5.92 Å². The molecule has 6 heteroatoms. The average Bonchev–Trinajstić information content (AvgIpc) is 3.00.